The highest BCUT2D eigenvalue weighted by molar-refractivity contribution is 6.02. The lowest BCUT2D eigenvalue weighted by Crippen LogP contribution is -2.48. The largest absolute Gasteiger partial charge is 0.393 e. The Labute approximate surface area is 160 Å². The maximum Gasteiger partial charge on any atom is 0.317 e. The molecule has 0 aromatic carbocycles. The van der Waals surface area contributed by atoms with E-state index in [-0.39, 0.29) is 41.3 Å². The maximum absolute atomic E-state index is 14.0. The highest BCUT2D eigenvalue weighted by atomic mass is 16.6. The summed E-state index contributed by atoms with van der Waals surface area (Å²) in [5.74, 6) is -3.28. The van der Waals surface area contributed by atoms with Gasteiger partial charge in [-0.05, 0) is 62.2 Å². The summed E-state index contributed by atoms with van der Waals surface area (Å²) in [6.45, 7) is 0. The number of carbonyl (C=O) groups excluding carboxylic acids is 5. The van der Waals surface area contributed by atoms with Crippen molar-refractivity contribution in [2.75, 3.05) is 0 Å². The monoisotopic (exact) mass is 384 g/mol. The van der Waals surface area contributed by atoms with Crippen molar-refractivity contribution in [2.24, 2.45) is 58.2 Å². The Morgan fingerprint density at radius 1 is 0.607 bits per heavy atom. The van der Waals surface area contributed by atoms with Crippen LogP contribution in [0.15, 0.2) is 0 Å². The normalized spacial score (nSPS) is 57.6. The Bertz CT molecular complexity index is 850. The van der Waals surface area contributed by atoms with E-state index in [2.05, 4.69) is 0 Å². The number of esters is 4. The summed E-state index contributed by atoms with van der Waals surface area (Å²) in [7, 11) is 0. The van der Waals surface area contributed by atoms with E-state index in [0.29, 0.717) is 12.8 Å². The number of Topliss-reactive ketones (excluding diaryl/α,β-unsaturated/α-hetero) is 1. The van der Waals surface area contributed by atoms with Gasteiger partial charge in [-0.2, -0.15) is 0 Å². The molecule has 5 saturated carbocycles. The molecule has 2 saturated heterocycles. The molecule has 0 aromatic heterocycles. The first-order chi connectivity index (χ1) is 13.4. The fourth-order valence-electron chi connectivity index (χ4n) is 9.16. The molecule has 7 heteroatoms. The Hall–Kier alpha value is -2.05. The van der Waals surface area contributed by atoms with Gasteiger partial charge in [0, 0.05) is 10.8 Å². The summed E-state index contributed by atoms with van der Waals surface area (Å²) in [6.07, 6.45) is 4.27. The van der Waals surface area contributed by atoms with E-state index >= 15 is 0 Å². The molecule has 0 N–H and O–H groups in total. The van der Waals surface area contributed by atoms with E-state index in [9.17, 15) is 24.0 Å². The third-order valence-corrected chi connectivity index (χ3v) is 9.85. The average Bonchev–Trinajstić information content (AvgIpc) is 3.46. The zero-order valence-electron chi connectivity index (χ0n) is 15.2. The van der Waals surface area contributed by atoms with Crippen LogP contribution in [0.3, 0.4) is 0 Å². The lowest BCUT2D eigenvalue weighted by Gasteiger charge is -2.41. The minimum Gasteiger partial charge on any atom is -0.393 e. The predicted molar refractivity (Wildman–Crippen MR) is 87.7 cm³/mol. The number of ketones is 1. The molecule has 4 bridgehead atoms. The molecule has 0 aromatic rings. The summed E-state index contributed by atoms with van der Waals surface area (Å²) in [5.41, 5.74) is -1.11. The van der Waals surface area contributed by atoms with E-state index in [1.807, 2.05) is 0 Å². The molecule has 146 valence electrons. The molecule has 7 rings (SSSR count). The highest BCUT2D eigenvalue weighted by Crippen LogP contribution is 2.75. The lowest BCUT2D eigenvalue weighted by atomic mass is 9.58. The number of hydrogen-bond acceptors (Lipinski definition) is 7. The first kappa shape index (κ1) is 15.8. The van der Waals surface area contributed by atoms with Crippen LogP contribution >= 0.6 is 0 Å². The number of ether oxygens (including phenoxy) is 2. The second kappa shape index (κ2) is 4.41. The molecular formula is C21H20O7. The van der Waals surface area contributed by atoms with Crippen molar-refractivity contribution in [2.45, 2.75) is 38.5 Å². The summed E-state index contributed by atoms with van der Waals surface area (Å²) in [6, 6.07) is 0. The Kier molecular flexibility index (Phi) is 2.49. The van der Waals surface area contributed by atoms with Crippen molar-refractivity contribution in [1.82, 2.24) is 0 Å². The Morgan fingerprint density at radius 2 is 1.00 bits per heavy atom. The number of fused-ring (bicyclic) bond motifs is 12. The zero-order valence-corrected chi connectivity index (χ0v) is 15.2. The molecule has 10 unspecified atom stereocenters. The summed E-state index contributed by atoms with van der Waals surface area (Å²) in [5, 5.41) is 0. The van der Waals surface area contributed by atoms with Crippen molar-refractivity contribution >= 4 is 29.7 Å². The van der Waals surface area contributed by atoms with Gasteiger partial charge in [-0.1, -0.05) is 0 Å². The van der Waals surface area contributed by atoms with Crippen molar-refractivity contribution in [3.05, 3.63) is 0 Å². The van der Waals surface area contributed by atoms with Gasteiger partial charge in [-0.3, -0.25) is 24.0 Å². The van der Waals surface area contributed by atoms with Crippen LogP contribution in [0.5, 0.6) is 0 Å². The van der Waals surface area contributed by atoms with Crippen molar-refractivity contribution in [3.63, 3.8) is 0 Å². The topological polar surface area (TPSA) is 104 Å². The molecule has 2 aliphatic heterocycles. The molecule has 28 heavy (non-hydrogen) atoms. The van der Waals surface area contributed by atoms with E-state index < -0.39 is 46.5 Å². The van der Waals surface area contributed by atoms with Crippen molar-refractivity contribution in [3.8, 4) is 0 Å². The van der Waals surface area contributed by atoms with Gasteiger partial charge in [-0.25, -0.2) is 0 Å². The van der Waals surface area contributed by atoms with E-state index in [0.717, 1.165) is 25.7 Å². The first-order valence-corrected chi connectivity index (χ1v) is 10.4. The number of rotatable bonds is 0. The van der Waals surface area contributed by atoms with Crippen LogP contribution in [0.2, 0.25) is 0 Å². The zero-order chi connectivity index (χ0) is 19.2. The summed E-state index contributed by atoms with van der Waals surface area (Å²) >= 11 is 0. The molecule has 7 aliphatic rings. The second-order valence-corrected chi connectivity index (χ2v) is 10.3. The summed E-state index contributed by atoms with van der Waals surface area (Å²) in [4.78, 5) is 62.8. The fraction of sp³-hybridized carbons (Fsp3) is 0.762. The van der Waals surface area contributed by atoms with Gasteiger partial charge < -0.3 is 9.47 Å². The van der Waals surface area contributed by atoms with E-state index in [4.69, 9.17) is 9.47 Å². The van der Waals surface area contributed by atoms with Gasteiger partial charge in [0.05, 0.1) is 23.7 Å². The minimum atomic E-state index is -0.554. The number of hydrogen-bond donors (Lipinski definition) is 0. The highest BCUT2D eigenvalue weighted by Gasteiger charge is 2.78. The average molecular weight is 384 g/mol. The molecule has 7 fully saturated rings. The van der Waals surface area contributed by atoms with Crippen LogP contribution < -0.4 is 0 Å². The van der Waals surface area contributed by atoms with Crippen LogP contribution in [0, 0.1) is 58.2 Å². The number of carbonyl (C=O) groups is 5. The summed E-state index contributed by atoms with van der Waals surface area (Å²) < 4.78 is 9.82. The molecule has 10 atom stereocenters. The van der Waals surface area contributed by atoms with Gasteiger partial charge in [0.2, 0.25) is 0 Å². The molecule has 7 nitrogen and oxygen atoms in total. The quantitative estimate of drug-likeness (QED) is 0.454. The van der Waals surface area contributed by atoms with Crippen LogP contribution in [0.1, 0.15) is 38.5 Å². The molecule has 5 aliphatic carbocycles. The van der Waals surface area contributed by atoms with Crippen LogP contribution in [0.4, 0.5) is 0 Å². The predicted octanol–water partition coefficient (Wildman–Crippen LogP) is 1.03. The second-order valence-electron chi connectivity index (χ2n) is 10.3. The van der Waals surface area contributed by atoms with Gasteiger partial charge in [0.25, 0.3) is 0 Å². The maximum atomic E-state index is 14.0. The van der Waals surface area contributed by atoms with Gasteiger partial charge in [0.1, 0.15) is 5.78 Å². The van der Waals surface area contributed by atoms with Gasteiger partial charge in [0.15, 0.2) is 0 Å². The first-order valence-electron chi connectivity index (χ1n) is 10.4. The van der Waals surface area contributed by atoms with Crippen LogP contribution in [-0.2, 0) is 33.4 Å². The smallest absolute Gasteiger partial charge is 0.317 e. The minimum absolute atomic E-state index is 0.0532. The third kappa shape index (κ3) is 1.40. The SMILES string of the molecule is O=C1OC(=O)C2C1C1CC2C2(CCC3(CC4CC3C3C(=O)OC(=O)C43)C2=O)C1. The fourth-order valence-corrected chi connectivity index (χ4v) is 9.16. The molecule has 2 spiro atoms. The van der Waals surface area contributed by atoms with Gasteiger partial charge >= 0.3 is 23.9 Å². The van der Waals surface area contributed by atoms with Crippen molar-refractivity contribution in [1.29, 1.82) is 0 Å². The van der Waals surface area contributed by atoms with Gasteiger partial charge in [-0.15, -0.1) is 0 Å². The van der Waals surface area contributed by atoms with Crippen LogP contribution in [0.25, 0.3) is 0 Å². The molecular weight excluding hydrogens is 364 g/mol. The van der Waals surface area contributed by atoms with E-state index in [1.165, 1.54) is 0 Å². The Balaban J connectivity index is 1.27. The standard InChI is InChI=1S/C21H20O7/c22-15-11-7-3-9(13(11)17(24)27-15)20(5-7)1-2-21(19(20)26)6-8-4-10(21)14-12(8)16(23)28-18(14)25/h7-14H,1-6H2. The van der Waals surface area contributed by atoms with Crippen molar-refractivity contribution < 1.29 is 33.4 Å². The van der Waals surface area contributed by atoms with E-state index in [1.54, 1.807) is 0 Å². The molecule has 0 radical (unpaired) electrons. The lowest BCUT2D eigenvalue weighted by molar-refractivity contribution is -0.156. The van der Waals surface area contributed by atoms with Crippen LogP contribution in [-0.4, -0.2) is 29.7 Å². The number of cyclic esters (lactones) is 4. The molecule has 2 heterocycles. The third-order valence-electron chi connectivity index (χ3n) is 9.85. The Morgan fingerprint density at radius 3 is 1.43 bits per heavy atom. The molecule has 0 amide bonds.